The Morgan fingerprint density at radius 1 is 1.10 bits per heavy atom. The van der Waals surface area contributed by atoms with Crippen LogP contribution >= 0.6 is 50.9 Å². The Morgan fingerprint density at radius 2 is 1.60 bits per heavy atom. The van der Waals surface area contributed by atoms with E-state index in [4.69, 9.17) is 0 Å². The molecule has 0 N–H and O–H groups in total. The maximum atomic E-state index is 2.99. The summed E-state index contributed by atoms with van der Waals surface area (Å²) in [6.45, 7) is 0. The zero-order valence-corrected chi connectivity index (χ0v) is 12.4. The van der Waals surface area contributed by atoms with E-state index in [9.17, 15) is 0 Å². The molecule has 1 rings (SSSR count). The molecule has 10 heavy (non-hydrogen) atoms. The normalized spacial score (nSPS) is 8.80. The Morgan fingerprint density at radius 3 is 1.70 bits per heavy atom. The van der Waals surface area contributed by atoms with Gasteiger partial charge < -0.3 is 7.43 Å². The second-order valence-electron chi connectivity index (χ2n) is 1.00. The first-order chi connectivity index (χ1) is 2.50. The third kappa shape index (κ3) is 16.3. The Labute approximate surface area is 110 Å². The summed E-state index contributed by atoms with van der Waals surface area (Å²) in [4.78, 5) is 0. The summed E-state index contributed by atoms with van der Waals surface area (Å²) in [5.41, 5.74) is 0. The van der Waals surface area contributed by atoms with Crippen molar-refractivity contribution in [2.75, 3.05) is 0 Å². The summed E-state index contributed by atoms with van der Waals surface area (Å²) in [7, 11) is 0. The van der Waals surface area contributed by atoms with Gasteiger partial charge in [0.2, 0.25) is 0 Å². The fraction of sp³-hybridized carbons (Fsp3) is 0.167. The van der Waals surface area contributed by atoms with Crippen molar-refractivity contribution >= 4 is 50.9 Å². The van der Waals surface area contributed by atoms with Gasteiger partial charge in [-0.05, 0) is 0 Å². The molecule has 1 aliphatic carbocycles. The fourth-order valence-electron chi connectivity index (χ4n) is 0.340. The van der Waals surface area contributed by atoms with E-state index >= 15 is 0 Å². The Hall–Kier alpha value is 1.63. The van der Waals surface area contributed by atoms with Gasteiger partial charge in [0.25, 0.3) is 0 Å². The molecule has 0 aromatic carbocycles. The number of hydrogen-bond acceptors (Lipinski definition) is 0. The molecule has 0 fully saturated rings. The summed E-state index contributed by atoms with van der Waals surface area (Å²) in [6, 6.07) is 0. The molecule has 0 bridgehead atoms. The fourth-order valence-corrected chi connectivity index (χ4v) is 0.340. The van der Waals surface area contributed by atoms with Crippen molar-refractivity contribution < 1.29 is 21.7 Å². The van der Waals surface area contributed by atoms with Gasteiger partial charge in [-0.3, -0.25) is 6.08 Å². The number of hydrogen-bond donors (Lipinski definition) is 0. The minimum absolute atomic E-state index is 0. The Bertz CT molecular complexity index is 71.1. The van der Waals surface area contributed by atoms with Crippen molar-refractivity contribution in [3.05, 3.63) is 31.7 Å². The van der Waals surface area contributed by atoms with Crippen LogP contribution in [0.25, 0.3) is 0 Å². The van der Waals surface area contributed by atoms with Gasteiger partial charge in [-0.15, -0.1) is 57.4 Å². The Balaban J connectivity index is -0.0000000167. The van der Waals surface area contributed by atoms with Crippen LogP contribution in [0.5, 0.6) is 0 Å². The van der Waals surface area contributed by atoms with Crippen LogP contribution in [0.15, 0.2) is 18.2 Å². The predicted molar refractivity (Wildman–Crippen MR) is 59.0 cm³/mol. The van der Waals surface area contributed by atoms with Crippen LogP contribution in [-0.4, -0.2) is 0 Å². The molecule has 0 spiro atoms. The van der Waals surface area contributed by atoms with Gasteiger partial charge in [0.1, 0.15) is 0 Å². The standard InChI is InChI=1S/C5H5.CH3.3BrH.Ti/c1-2-4-5-3-1;;;;;/h1-3H,4H2;1H3;3*1H;/q2*-1;;;;+2. The monoisotopic (exact) mass is 368 g/mol. The smallest absolute Gasteiger partial charge is 0.358 e. The van der Waals surface area contributed by atoms with E-state index in [1.54, 1.807) is 0 Å². The third-order valence-corrected chi connectivity index (χ3v) is 0.586. The molecular weight excluding hydrogens is 360 g/mol. The molecule has 0 heterocycles. The van der Waals surface area contributed by atoms with Crippen LogP contribution in [0.4, 0.5) is 0 Å². The quantitative estimate of drug-likeness (QED) is 0.452. The minimum Gasteiger partial charge on any atom is -0.358 e. The van der Waals surface area contributed by atoms with Crippen molar-refractivity contribution in [1.82, 2.24) is 0 Å². The second-order valence-corrected chi connectivity index (χ2v) is 1.00. The van der Waals surface area contributed by atoms with E-state index in [1.165, 1.54) is 0 Å². The first-order valence-corrected chi connectivity index (χ1v) is 1.72. The summed E-state index contributed by atoms with van der Waals surface area (Å²) in [6.07, 6.45) is 10.0. The molecule has 0 aromatic rings. The van der Waals surface area contributed by atoms with E-state index < -0.39 is 0 Å². The van der Waals surface area contributed by atoms with Crippen molar-refractivity contribution in [2.45, 2.75) is 6.42 Å². The summed E-state index contributed by atoms with van der Waals surface area (Å²) in [5, 5.41) is 0. The maximum absolute atomic E-state index is 2.99. The van der Waals surface area contributed by atoms with Gasteiger partial charge in [-0.25, -0.2) is 12.2 Å². The predicted octanol–water partition coefficient (Wildman–Crippen LogP) is 3.49. The molecule has 0 atom stereocenters. The molecule has 0 radical (unpaired) electrons. The number of halogens is 3. The van der Waals surface area contributed by atoms with Crippen LogP contribution in [0.1, 0.15) is 6.42 Å². The van der Waals surface area contributed by atoms with E-state index in [0.29, 0.717) is 0 Å². The van der Waals surface area contributed by atoms with E-state index in [2.05, 4.69) is 12.2 Å². The zero-order chi connectivity index (χ0) is 3.54. The SMILES string of the molecule is Br.Br.Br.[C-]1=CC=CC1.[CH3-].[Ti+2]. The van der Waals surface area contributed by atoms with E-state index in [1.807, 2.05) is 12.2 Å². The molecule has 1 aliphatic rings. The van der Waals surface area contributed by atoms with Gasteiger partial charge in [-0.2, -0.15) is 6.08 Å². The Kier molecular flexibility index (Phi) is 67.0. The van der Waals surface area contributed by atoms with Gasteiger partial charge in [0, 0.05) is 0 Å². The molecule has 0 aromatic heterocycles. The minimum atomic E-state index is 0. The molecule has 0 saturated heterocycles. The van der Waals surface area contributed by atoms with Crippen molar-refractivity contribution in [3.63, 3.8) is 0 Å². The zero-order valence-electron chi connectivity index (χ0n) is 5.66. The van der Waals surface area contributed by atoms with Crippen molar-refractivity contribution in [1.29, 1.82) is 0 Å². The van der Waals surface area contributed by atoms with Crippen LogP contribution in [0.3, 0.4) is 0 Å². The van der Waals surface area contributed by atoms with Gasteiger partial charge in [-0.1, -0.05) is 0 Å². The molecule has 0 unspecified atom stereocenters. The third-order valence-electron chi connectivity index (χ3n) is 0.586. The maximum Gasteiger partial charge on any atom is 2.00 e. The van der Waals surface area contributed by atoms with Crippen LogP contribution < -0.4 is 0 Å². The average molecular weight is 371 g/mol. The summed E-state index contributed by atoms with van der Waals surface area (Å²) < 4.78 is 0. The molecule has 4 heteroatoms. The van der Waals surface area contributed by atoms with E-state index in [-0.39, 0.29) is 80.1 Å². The van der Waals surface area contributed by atoms with Gasteiger partial charge >= 0.3 is 21.7 Å². The topological polar surface area (TPSA) is 0 Å². The molecular formula is C6H11Br3Ti. The molecule has 60 valence electrons. The first kappa shape index (κ1) is 29.9. The van der Waals surface area contributed by atoms with Gasteiger partial charge in [0.05, 0.1) is 0 Å². The first-order valence-electron chi connectivity index (χ1n) is 1.72. The van der Waals surface area contributed by atoms with Crippen molar-refractivity contribution in [2.24, 2.45) is 0 Å². The van der Waals surface area contributed by atoms with E-state index in [0.717, 1.165) is 6.42 Å². The average Bonchev–Trinajstić information content (AvgIpc) is 1.76. The van der Waals surface area contributed by atoms with Gasteiger partial charge in [0.15, 0.2) is 0 Å². The largest absolute Gasteiger partial charge is 2.00 e. The second kappa shape index (κ2) is 22.4. The molecule has 0 aliphatic heterocycles. The molecule has 0 saturated carbocycles. The molecule has 0 nitrogen and oxygen atoms in total. The number of allylic oxidation sites excluding steroid dienone is 4. The molecule has 0 amide bonds. The summed E-state index contributed by atoms with van der Waals surface area (Å²) >= 11 is 0. The van der Waals surface area contributed by atoms with Crippen LogP contribution in [-0.2, 0) is 21.7 Å². The van der Waals surface area contributed by atoms with Crippen LogP contribution in [0, 0.1) is 13.5 Å². The number of rotatable bonds is 0. The van der Waals surface area contributed by atoms with Crippen LogP contribution in [0.2, 0.25) is 0 Å². The summed E-state index contributed by atoms with van der Waals surface area (Å²) in [5.74, 6) is 0. The van der Waals surface area contributed by atoms with Crippen molar-refractivity contribution in [3.8, 4) is 0 Å².